The van der Waals surface area contributed by atoms with Crippen LogP contribution in [-0.2, 0) is 7.05 Å². The van der Waals surface area contributed by atoms with Crippen LogP contribution in [0.25, 0.3) is 10.2 Å². The van der Waals surface area contributed by atoms with E-state index in [1.807, 2.05) is 10.6 Å². The lowest BCUT2D eigenvalue weighted by atomic mass is 9.96. The number of rotatable bonds is 3. The molecule has 5 rings (SSSR count). The largest absolute Gasteiger partial charge is 0.355 e. The van der Waals surface area contributed by atoms with Crippen molar-refractivity contribution in [3.8, 4) is 0 Å². The number of hydrogen-bond acceptors (Lipinski definition) is 6. The fraction of sp³-hybridized carbons (Fsp3) is 0.529. The number of anilines is 1. The van der Waals surface area contributed by atoms with Gasteiger partial charge in [0, 0.05) is 32.1 Å². The summed E-state index contributed by atoms with van der Waals surface area (Å²) in [6.07, 6.45) is 5.86. The number of hydrogen-bond donors (Lipinski definition) is 0. The van der Waals surface area contributed by atoms with Crippen molar-refractivity contribution in [3.63, 3.8) is 0 Å². The smallest absolute Gasteiger partial charge is 0.345 e. The summed E-state index contributed by atoms with van der Waals surface area (Å²) in [7, 11) is 1.76. The second kappa shape index (κ2) is 5.66. The molecule has 3 aromatic heterocycles. The minimum absolute atomic E-state index is 0.0380. The zero-order valence-electron chi connectivity index (χ0n) is 14.1. The number of aryl methyl sites for hydroxylation is 1. The quantitative estimate of drug-likeness (QED) is 0.720. The fourth-order valence-corrected chi connectivity index (χ4v) is 4.67. The van der Waals surface area contributed by atoms with Crippen LogP contribution in [0.3, 0.4) is 0 Å². The topological polar surface area (TPSA) is 68.8 Å². The summed E-state index contributed by atoms with van der Waals surface area (Å²) in [6.45, 7) is 1.87. The molecule has 8 heteroatoms. The molecule has 1 saturated carbocycles. The Labute approximate surface area is 148 Å². The third-order valence-electron chi connectivity index (χ3n) is 5.28. The van der Waals surface area contributed by atoms with E-state index in [1.165, 1.54) is 4.68 Å². The first-order valence-electron chi connectivity index (χ1n) is 8.81. The lowest BCUT2D eigenvalue weighted by molar-refractivity contribution is 0.461. The average molecular weight is 356 g/mol. The summed E-state index contributed by atoms with van der Waals surface area (Å²) in [5.74, 6) is 2.38. The number of fused-ring (bicyclic) bond motifs is 1. The van der Waals surface area contributed by atoms with Gasteiger partial charge in [0.2, 0.25) is 0 Å². The van der Waals surface area contributed by atoms with Gasteiger partial charge in [-0.05, 0) is 37.1 Å². The molecule has 3 aromatic rings. The van der Waals surface area contributed by atoms with Gasteiger partial charge < -0.3 is 4.90 Å². The molecule has 130 valence electrons. The van der Waals surface area contributed by atoms with Gasteiger partial charge in [0.15, 0.2) is 0 Å². The van der Waals surface area contributed by atoms with Crippen LogP contribution in [0.1, 0.15) is 43.5 Å². The Morgan fingerprint density at radius 1 is 1.16 bits per heavy atom. The summed E-state index contributed by atoms with van der Waals surface area (Å²) in [5, 5.41) is 6.63. The van der Waals surface area contributed by atoms with E-state index >= 15 is 0 Å². The molecule has 7 nitrogen and oxygen atoms in total. The van der Waals surface area contributed by atoms with Gasteiger partial charge in [-0.3, -0.25) is 4.57 Å². The molecule has 0 spiro atoms. The third kappa shape index (κ3) is 2.47. The van der Waals surface area contributed by atoms with Gasteiger partial charge in [-0.25, -0.2) is 19.4 Å². The molecule has 0 aromatic carbocycles. The first-order valence-corrected chi connectivity index (χ1v) is 9.69. The Morgan fingerprint density at radius 2 is 1.96 bits per heavy atom. The maximum Gasteiger partial charge on any atom is 0.345 e. The average Bonchev–Trinajstić information content (AvgIpc) is 3.27. The number of thiophene rings is 1. The van der Waals surface area contributed by atoms with E-state index in [1.54, 1.807) is 24.7 Å². The van der Waals surface area contributed by atoms with Crippen LogP contribution < -0.4 is 10.6 Å². The number of piperidine rings is 1. The van der Waals surface area contributed by atoms with Crippen molar-refractivity contribution < 1.29 is 0 Å². The van der Waals surface area contributed by atoms with E-state index in [0.29, 0.717) is 12.0 Å². The molecule has 1 aliphatic heterocycles. The highest BCUT2D eigenvalue weighted by Crippen LogP contribution is 2.38. The van der Waals surface area contributed by atoms with E-state index in [9.17, 15) is 4.79 Å². The molecule has 2 fully saturated rings. The molecular formula is C17H20N6OS. The molecule has 0 unspecified atom stereocenters. The zero-order chi connectivity index (χ0) is 17.0. The van der Waals surface area contributed by atoms with Crippen molar-refractivity contribution in [3.05, 3.63) is 34.1 Å². The van der Waals surface area contributed by atoms with Gasteiger partial charge in [0.25, 0.3) is 0 Å². The Balaban J connectivity index is 1.39. The Bertz CT molecular complexity index is 977. The zero-order valence-corrected chi connectivity index (χ0v) is 14.9. The van der Waals surface area contributed by atoms with Crippen LogP contribution in [0.5, 0.6) is 0 Å². The van der Waals surface area contributed by atoms with E-state index in [2.05, 4.69) is 25.3 Å². The maximum absolute atomic E-state index is 12.4. The molecular weight excluding hydrogens is 336 g/mol. The van der Waals surface area contributed by atoms with Gasteiger partial charge in [-0.2, -0.15) is 5.10 Å². The molecule has 0 N–H and O–H groups in total. The summed E-state index contributed by atoms with van der Waals surface area (Å²) in [5.41, 5.74) is 1.06. The van der Waals surface area contributed by atoms with Crippen LogP contribution in [0, 0.1) is 0 Å². The van der Waals surface area contributed by atoms with Crippen molar-refractivity contribution in [2.45, 2.75) is 37.6 Å². The minimum Gasteiger partial charge on any atom is -0.355 e. The standard InChI is InChI=1S/C17H20N6OS/c1-21-17(24)23(12-2-3-12)15(20-21)11-4-7-22(8-5-11)16-14-13(6-9-25-14)18-10-19-16/h6,9-12H,2-5,7-8H2,1H3. The van der Waals surface area contributed by atoms with Crippen molar-refractivity contribution in [2.75, 3.05) is 18.0 Å². The van der Waals surface area contributed by atoms with Crippen molar-refractivity contribution in [1.29, 1.82) is 0 Å². The highest BCUT2D eigenvalue weighted by atomic mass is 32.1. The predicted octanol–water partition coefficient (Wildman–Crippen LogP) is 2.31. The molecule has 0 bridgehead atoms. The van der Waals surface area contributed by atoms with Crippen LogP contribution in [-0.4, -0.2) is 37.4 Å². The first kappa shape index (κ1) is 15.1. The van der Waals surface area contributed by atoms with Gasteiger partial charge >= 0.3 is 5.69 Å². The molecule has 0 radical (unpaired) electrons. The third-order valence-corrected chi connectivity index (χ3v) is 6.18. The first-order chi connectivity index (χ1) is 12.2. The molecule has 25 heavy (non-hydrogen) atoms. The van der Waals surface area contributed by atoms with Crippen molar-refractivity contribution in [1.82, 2.24) is 24.3 Å². The van der Waals surface area contributed by atoms with E-state index in [-0.39, 0.29) is 5.69 Å². The van der Waals surface area contributed by atoms with Crippen molar-refractivity contribution >= 4 is 27.4 Å². The monoisotopic (exact) mass is 356 g/mol. The number of aromatic nitrogens is 5. The summed E-state index contributed by atoms with van der Waals surface area (Å²) in [4.78, 5) is 23.6. The lowest BCUT2D eigenvalue weighted by Gasteiger charge is -2.32. The predicted molar refractivity (Wildman–Crippen MR) is 97.3 cm³/mol. The summed E-state index contributed by atoms with van der Waals surface area (Å²) in [6, 6.07) is 2.42. The van der Waals surface area contributed by atoms with Crippen LogP contribution >= 0.6 is 11.3 Å². The van der Waals surface area contributed by atoms with E-state index in [0.717, 1.165) is 60.6 Å². The fourth-order valence-electron chi connectivity index (χ4n) is 3.80. The second-order valence-corrected chi connectivity index (χ2v) is 7.88. The van der Waals surface area contributed by atoms with Gasteiger partial charge in [0.1, 0.15) is 18.0 Å². The summed E-state index contributed by atoms with van der Waals surface area (Å²) < 4.78 is 4.61. The van der Waals surface area contributed by atoms with Gasteiger partial charge in [-0.1, -0.05) is 0 Å². The summed E-state index contributed by atoms with van der Waals surface area (Å²) >= 11 is 1.70. The van der Waals surface area contributed by atoms with Crippen LogP contribution in [0.4, 0.5) is 5.82 Å². The molecule has 4 heterocycles. The molecule has 2 aliphatic rings. The minimum atomic E-state index is 0.0380. The molecule has 1 aliphatic carbocycles. The SMILES string of the molecule is Cn1nc(C2CCN(c3ncnc4ccsc34)CC2)n(C2CC2)c1=O. The maximum atomic E-state index is 12.4. The van der Waals surface area contributed by atoms with E-state index < -0.39 is 0 Å². The van der Waals surface area contributed by atoms with Gasteiger partial charge in [-0.15, -0.1) is 11.3 Å². The normalized spacial score (nSPS) is 19.0. The van der Waals surface area contributed by atoms with E-state index in [4.69, 9.17) is 0 Å². The van der Waals surface area contributed by atoms with Crippen LogP contribution in [0.15, 0.2) is 22.6 Å². The van der Waals surface area contributed by atoms with Crippen LogP contribution in [0.2, 0.25) is 0 Å². The Hall–Kier alpha value is -2.22. The second-order valence-electron chi connectivity index (χ2n) is 6.96. The number of nitrogens with zero attached hydrogens (tertiary/aromatic N) is 6. The molecule has 1 saturated heterocycles. The lowest BCUT2D eigenvalue weighted by Crippen LogP contribution is -2.34. The highest BCUT2D eigenvalue weighted by molar-refractivity contribution is 7.17. The van der Waals surface area contributed by atoms with Gasteiger partial charge in [0.05, 0.1) is 10.2 Å². The molecule has 0 amide bonds. The van der Waals surface area contributed by atoms with Crippen molar-refractivity contribution in [2.24, 2.45) is 7.05 Å². The highest BCUT2D eigenvalue weighted by Gasteiger charge is 2.34. The Kier molecular flexibility index (Phi) is 3.41. The molecule has 0 atom stereocenters. The Morgan fingerprint density at radius 3 is 2.72 bits per heavy atom.